The van der Waals surface area contributed by atoms with E-state index >= 15 is 0 Å². The Labute approximate surface area is 111 Å². The van der Waals surface area contributed by atoms with Crippen LogP contribution in [0, 0.1) is 0 Å². The zero-order valence-corrected chi connectivity index (χ0v) is 10.7. The summed E-state index contributed by atoms with van der Waals surface area (Å²) in [6, 6.07) is 23.3. The molecular weight excluding hydrogens is 236 g/mol. The minimum Gasteiger partial charge on any atom is -0.0622 e. The Balaban J connectivity index is 2.05. The fraction of sp³-hybridized carbons (Fsp3) is 0. The van der Waals surface area contributed by atoms with E-state index in [1.165, 1.54) is 22.3 Å². The first kappa shape index (κ1) is 11.1. The molecule has 0 unspecified atom stereocenters. The normalized spacial score (nSPS) is 10.2. The molecule has 0 atom stereocenters. The summed E-state index contributed by atoms with van der Waals surface area (Å²) in [5.74, 6) is 0. The maximum atomic E-state index is 2.25. The van der Waals surface area contributed by atoms with Gasteiger partial charge in [0.05, 0.1) is 0 Å². The van der Waals surface area contributed by atoms with Crippen LogP contribution in [0.3, 0.4) is 0 Å². The van der Waals surface area contributed by atoms with Crippen molar-refractivity contribution in [3.63, 3.8) is 0 Å². The minimum atomic E-state index is 1.27. The molecule has 0 bridgehead atoms. The van der Waals surface area contributed by atoms with Gasteiger partial charge in [-0.3, -0.25) is 0 Å². The predicted octanol–water partition coefficient (Wildman–Crippen LogP) is 5.36. The van der Waals surface area contributed by atoms with Crippen molar-refractivity contribution < 1.29 is 0 Å². The summed E-state index contributed by atoms with van der Waals surface area (Å²) >= 11 is 1.75. The van der Waals surface area contributed by atoms with E-state index in [-0.39, 0.29) is 0 Å². The van der Waals surface area contributed by atoms with Crippen molar-refractivity contribution in [3.8, 4) is 22.3 Å². The van der Waals surface area contributed by atoms with Crippen LogP contribution in [0.4, 0.5) is 0 Å². The largest absolute Gasteiger partial charge is 0.212 e. The van der Waals surface area contributed by atoms with Gasteiger partial charge in [0.2, 0.25) is 22.1 Å². The Morgan fingerprint density at radius 3 is 1.39 bits per heavy atom. The van der Waals surface area contributed by atoms with E-state index in [0.29, 0.717) is 0 Å². The van der Waals surface area contributed by atoms with Gasteiger partial charge in [-0.1, -0.05) is 60.7 Å². The van der Waals surface area contributed by atoms with Gasteiger partial charge in [-0.05, 0) is 17.2 Å². The maximum Gasteiger partial charge on any atom is 0.212 e. The molecule has 1 aromatic heterocycles. The van der Waals surface area contributed by atoms with Crippen molar-refractivity contribution in [3.05, 3.63) is 77.5 Å². The van der Waals surface area contributed by atoms with Crippen LogP contribution in [0.25, 0.3) is 22.3 Å². The molecule has 3 rings (SSSR count). The van der Waals surface area contributed by atoms with Crippen molar-refractivity contribution in [1.82, 2.24) is 0 Å². The molecule has 0 nitrogen and oxygen atoms in total. The number of hydrogen-bond donors (Lipinski definition) is 0. The van der Waals surface area contributed by atoms with Crippen LogP contribution in [-0.2, 0) is 0 Å². The summed E-state index contributed by atoms with van der Waals surface area (Å²) in [4.78, 5) is 0. The molecule has 3 aromatic rings. The topological polar surface area (TPSA) is 0 Å². The molecule has 2 aromatic carbocycles. The molecule has 0 spiro atoms. The van der Waals surface area contributed by atoms with Crippen LogP contribution in [0.5, 0.6) is 0 Å². The standard InChI is InChI=1S/C17H13S/c1-3-7-14(8-4-1)16-11-17(13-18-12-16)15-9-5-2-6-10-15/h1-13H/q+1. The van der Waals surface area contributed by atoms with E-state index in [1.54, 1.807) is 11.3 Å². The minimum absolute atomic E-state index is 1.27. The van der Waals surface area contributed by atoms with E-state index in [1.807, 2.05) is 12.1 Å². The maximum absolute atomic E-state index is 2.25. The lowest BCUT2D eigenvalue weighted by Crippen LogP contribution is -1.79. The van der Waals surface area contributed by atoms with E-state index in [4.69, 9.17) is 0 Å². The Morgan fingerprint density at radius 2 is 0.944 bits per heavy atom. The lowest BCUT2D eigenvalue weighted by Gasteiger charge is -2.00. The van der Waals surface area contributed by atoms with Gasteiger partial charge < -0.3 is 0 Å². The summed E-state index contributed by atoms with van der Waals surface area (Å²) in [5.41, 5.74) is 5.10. The highest BCUT2D eigenvalue weighted by molar-refractivity contribution is 7.08. The van der Waals surface area contributed by atoms with Gasteiger partial charge >= 0.3 is 0 Å². The second-order valence-electron chi connectivity index (χ2n) is 4.16. The van der Waals surface area contributed by atoms with Gasteiger partial charge in [-0.25, -0.2) is 0 Å². The fourth-order valence-corrected chi connectivity index (χ4v) is 2.75. The van der Waals surface area contributed by atoms with Gasteiger partial charge in [0.1, 0.15) is 0 Å². The zero-order chi connectivity index (χ0) is 12.2. The highest BCUT2D eigenvalue weighted by atomic mass is 32.1. The lowest BCUT2D eigenvalue weighted by molar-refractivity contribution is 1.63. The molecule has 0 N–H and O–H groups in total. The van der Waals surface area contributed by atoms with Crippen LogP contribution in [0.15, 0.2) is 77.5 Å². The summed E-state index contributed by atoms with van der Waals surface area (Å²) in [6.07, 6.45) is 0. The van der Waals surface area contributed by atoms with Crippen molar-refractivity contribution in [2.24, 2.45) is 0 Å². The first-order valence-corrected chi connectivity index (χ1v) is 6.89. The molecule has 0 saturated heterocycles. The van der Waals surface area contributed by atoms with Gasteiger partial charge in [0.15, 0.2) is 0 Å². The summed E-state index contributed by atoms with van der Waals surface area (Å²) < 4.78 is 0. The first-order chi connectivity index (χ1) is 8.93. The molecule has 1 heteroatoms. The quantitative estimate of drug-likeness (QED) is 0.536. The summed E-state index contributed by atoms with van der Waals surface area (Å²) in [5, 5.41) is 4.39. The van der Waals surface area contributed by atoms with Crippen molar-refractivity contribution >= 4 is 11.3 Å². The Bertz CT molecular complexity index is 575. The SMILES string of the molecule is c1ccc(-c2c[s+]cc(-c3ccccc3)c2)cc1. The van der Waals surface area contributed by atoms with Crippen LogP contribution >= 0.6 is 11.3 Å². The van der Waals surface area contributed by atoms with Crippen LogP contribution in [0.2, 0.25) is 0 Å². The molecule has 0 saturated carbocycles. The van der Waals surface area contributed by atoms with Gasteiger partial charge in [0, 0.05) is 11.1 Å². The van der Waals surface area contributed by atoms with Gasteiger partial charge in [-0.15, -0.1) is 0 Å². The Hall–Kier alpha value is -1.99. The second-order valence-corrected chi connectivity index (χ2v) is 4.90. The monoisotopic (exact) mass is 249 g/mol. The fourth-order valence-electron chi connectivity index (χ4n) is 1.98. The predicted molar refractivity (Wildman–Crippen MR) is 79.6 cm³/mol. The van der Waals surface area contributed by atoms with Crippen molar-refractivity contribution in [2.45, 2.75) is 0 Å². The van der Waals surface area contributed by atoms with Crippen LogP contribution < -0.4 is 0 Å². The smallest absolute Gasteiger partial charge is 0.0622 e. The number of benzene rings is 2. The van der Waals surface area contributed by atoms with E-state index in [2.05, 4.69) is 65.4 Å². The zero-order valence-electron chi connectivity index (χ0n) is 9.91. The molecule has 0 aliphatic carbocycles. The third-order valence-electron chi connectivity index (χ3n) is 2.92. The third kappa shape index (κ3) is 2.31. The van der Waals surface area contributed by atoms with Crippen LogP contribution in [-0.4, -0.2) is 0 Å². The van der Waals surface area contributed by atoms with E-state index in [9.17, 15) is 0 Å². The molecular formula is C17H13S+. The molecule has 86 valence electrons. The lowest BCUT2D eigenvalue weighted by atomic mass is 10.0. The second kappa shape index (κ2) is 5.11. The van der Waals surface area contributed by atoms with Crippen molar-refractivity contribution in [1.29, 1.82) is 0 Å². The van der Waals surface area contributed by atoms with Gasteiger partial charge in [0.25, 0.3) is 0 Å². The highest BCUT2D eigenvalue weighted by Crippen LogP contribution is 2.27. The molecule has 0 fully saturated rings. The third-order valence-corrected chi connectivity index (χ3v) is 3.70. The first-order valence-electron chi connectivity index (χ1n) is 5.95. The number of rotatable bonds is 2. The van der Waals surface area contributed by atoms with Crippen molar-refractivity contribution in [2.75, 3.05) is 0 Å². The summed E-state index contributed by atoms with van der Waals surface area (Å²) in [6.45, 7) is 0. The molecule has 0 radical (unpaired) electrons. The summed E-state index contributed by atoms with van der Waals surface area (Å²) in [7, 11) is 0. The Morgan fingerprint density at radius 1 is 0.500 bits per heavy atom. The molecule has 1 heterocycles. The average molecular weight is 249 g/mol. The molecule has 0 amide bonds. The van der Waals surface area contributed by atoms with Crippen LogP contribution in [0.1, 0.15) is 0 Å². The van der Waals surface area contributed by atoms with E-state index in [0.717, 1.165) is 0 Å². The van der Waals surface area contributed by atoms with E-state index < -0.39 is 0 Å². The molecule has 0 aliphatic rings. The highest BCUT2D eigenvalue weighted by Gasteiger charge is 2.07. The van der Waals surface area contributed by atoms with Gasteiger partial charge in [-0.2, -0.15) is 0 Å². The molecule has 18 heavy (non-hydrogen) atoms. The average Bonchev–Trinajstić information content (AvgIpc) is 2.49. The number of hydrogen-bond acceptors (Lipinski definition) is 0. The Kier molecular flexibility index (Phi) is 3.16. The molecule has 0 aliphatic heterocycles.